The predicted octanol–water partition coefficient (Wildman–Crippen LogP) is 11.9. The molecule has 0 radical (unpaired) electrons. The highest BCUT2D eigenvalue weighted by Gasteiger charge is 2.44. The Balaban J connectivity index is 2.30. The first-order valence-corrected chi connectivity index (χ1v) is 25.8. The second-order valence-electron chi connectivity index (χ2n) is 17.6. The molecule has 1 rings (SSSR count). The van der Waals surface area contributed by atoms with E-state index in [1.165, 1.54) is 96.3 Å². The van der Waals surface area contributed by atoms with Crippen molar-refractivity contribution >= 4 is 5.91 Å². The van der Waals surface area contributed by atoms with Gasteiger partial charge in [-0.1, -0.05) is 202 Å². The molecule has 9 nitrogen and oxygen atoms in total. The lowest BCUT2D eigenvalue weighted by molar-refractivity contribution is -0.302. The highest BCUT2D eigenvalue weighted by atomic mass is 16.7. The van der Waals surface area contributed by atoms with E-state index in [-0.39, 0.29) is 12.5 Å². The molecular weight excluding hydrogens is 803 g/mol. The molecule has 1 saturated heterocycles. The number of carbonyl (C=O) groups is 1. The van der Waals surface area contributed by atoms with Crippen LogP contribution in [0.1, 0.15) is 200 Å². The highest BCUT2D eigenvalue weighted by Crippen LogP contribution is 2.22. The maximum absolute atomic E-state index is 13.0. The molecule has 368 valence electrons. The van der Waals surface area contributed by atoms with Crippen LogP contribution in [-0.4, -0.2) is 87.5 Å². The van der Waals surface area contributed by atoms with Gasteiger partial charge in [0.2, 0.25) is 5.91 Å². The van der Waals surface area contributed by atoms with Crippen LogP contribution in [0.4, 0.5) is 0 Å². The molecule has 1 fully saturated rings. The van der Waals surface area contributed by atoms with Crippen molar-refractivity contribution in [3.63, 3.8) is 0 Å². The zero-order valence-electron chi connectivity index (χ0n) is 40.5. The van der Waals surface area contributed by atoms with Gasteiger partial charge >= 0.3 is 0 Å². The average Bonchev–Trinajstić information content (AvgIpc) is 3.29. The number of amides is 1. The van der Waals surface area contributed by atoms with E-state index in [4.69, 9.17) is 9.47 Å². The van der Waals surface area contributed by atoms with Crippen LogP contribution in [0.15, 0.2) is 85.1 Å². The summed E-state index contributed by atoms with van der Waals surface area (Å²) in [6.45, 7) is 3.63. The third-order valence-electron chi connectivity index (χ3n) is 11.7. The molecule has 1 amide bonds. The lowest BCUT2D eigenvalue weighted by Crippen LogP contribution is -2.60. The number of aliphatic hydroxyl groups is 5. The van der Waals surface area contributed by atoms with Crippen molar-refractivity contribution in [2.75, 3.05) is 13.2 Å². The minimum Gasteiger partial charge on any atom is -0.394 e. The van der Waals surface area contributed by atoms with Gasteiger partial charge in [0.15, 0.2) is 6.29 Å². The SMILES string of the molecule is CC/C=C\C/C=C\C/C=C\C/C=C\C/C=C\CCCCCCCCCCCC(=O)NC(COC1OC(CO)C(O)C(O)C1O)C(O)/C=C/CC/C=C/CCCCCCCCCCCC. The Hall–Kier alpha value is -2.63. The first kappa shape index (κ1) is 59.4. The molecule has 0 aromatic heterocycles. The van der Waals surface area contributed by atoms with E-state index < -0.39 is 49.5 Å². The fraction of sp³-hybridized carbons (Fsp3) is 0.727. The maximum atomic E-state index is 13.0. The molecule has 0 aliphatic carbocycles. The zero-order valence-corrected chi connectivity index (χ0v) is 40.5. The number of unbranched alkanes of at least 4 members (excludes halogenated alkanes) is 20. The van der Waals surface area contributed by atoms with Crippen LogP contribution in [0.25, 0.3) is 0 Å². The first-order chi connectivity index (χ1) is 31.3. The fourth-order valence-corrected chi connectivity index (χ4v) is 7.61. The van der Waals surface area contributed by atoms with Gasteiger partial charge in [-0.15, -0.1) is 0 Å². The summed E-state index contributed by atoms with van der Waals surface area (Å²) >= 11 is 0. The second-order valence-corrected chi connectivity index (χ2v) is 17.6. The largest absolute Gasteiger partial charge is 0.394 e. The molecule has 7 unspecified atom stereocenters. The van der Waals surface area contributed by atoms with Crippen LogP contribution in [0.2, 0.25) is 0 Å². The van der Waals surface area contributed by atoms with Gasteiger partial charge in [-0.2, -0.15) is 0 Å². The van der Waals surface area contributed by atoms with E-state index in [9.17, 15) is 30.3 Å². The average molecular weight is 898 g/mol. The monoisotopic (exact) mass is 898 g/mol. The lowest BCUT2D eigenvalue weighted by Gasteiger charge is -2.40. The van der Waals surface area contributed by atoms with Crippen molar-refractivity contribution in [2.45, 2.75) is 243 Å². The third kappa shape index (κ3) is 33.8. The van der Waals surface area contributed by atoms with Crippen LogP contribution in [-0.2, 0) is 14.3 Å². The normalized spacial score (nSPS) is 20.8. The number of carbonyl (C=O) groups excluding carboxylic acids is 1. The van der Waals surface area contributed by atoms with Gasteiger partial charge in [0, 0.05) is 6.42 Å². The molecule has 1 heterocycles. The van der Waals surface area contributed by atoms with Crippen molar-refractivity contribution < 1.29 is 39.8 Å². The quantitative estimate of drug-likeness (QED) is 0.0262. The fourth-order valence-electron chi connectivity index (χ4n) is 7.61. The third-order valence-corrected chi connectivity index (χ3v) is 11.7. The summed E-state index contributed by atoms with van der Waals surface area (Å²) in [7, 11) is 0. The maximum Gasteiger partial charge on any atom is 0.220 e. The molecule has 0 spiro atoms. The molecule has 0 aromatic rings. The van der Waals surface area contributed by atoms with Gasteiger partial charge in [-0.05, 0) is 77.0 Å². The molecular formula is C55H95NO8. The number of rotatable bonds is 42. The van der Waals surface area contributed by atoms with E-state index in [1.54, 1.807) is 6.08 Å². The highest BCUT2D eigenvalue weighted by molar-refractivity contribution is 5.76. The Labute approximate surface area is 391 Å². The zero-order chi connectivity index (χ0) is 46.6. The van der Waals surface area contributed by atoms with Crippen LogP contribution < -0.4 is 5.32 Å². The van der Waals surface area contributed by atoms with E-state index in [2.05, 4.69) is 92.1 Å². The number of nitrogens with one attached hydrogen (secondary N) is 1. The molecule has 9 heteroatoms. The number of aliphatic hydroxyl groups excluding tert-OH is 5. The summed E-state index contributed by atoms with van der Waals surface area (Å²) < 4.78 is 11.2. The molecule has 1 aliphatic rings. The Morgan fingerprint density at radius 2 is 0.984 bits per heavy atom. The summed E-state index contributed by atoms with van der Waals surface area (Å²) in [4.78, 5) is 13.0. The van der Waals surface area contributed by atoms with Gasteiger partial charge in [0.25, 0.3) is 0 Å². The van der Waals surface area contributed by atoms with Gasteiger partial charge in [0.1, 0.15) is 24.4 Å². The Morgan fingerprint density at radius 3 is 1.50 bits per heavy atom. The van der Waals surface area contributed by atoms with E-state index in [0.29, 0.717) is 6.42 Å². The van der Waals surface area contributed by atoms with Crippen molar-refractivity contribution in [3.8, 4) is 0 Å². The van der Waals surface area contributed by atoms with Crippen molar-refractivity contribution in [1.29, 1.82) is 0 Å². The standard InChI is InChI=1S/C55H95NO8/c1-3-5-7-9-11-13-15-17-19-21-22-23-24-25-26-27-28-29-31-33-35-37-39-41-43-45-51(59)56-48(47-63-55-54(62)53(61)52(60)50(46-57)64-55)49(58)44-42-40-38-36-34-32-30-20-18-16-14-12-10-8-6-4-2/h5,7,11,13,17,19,22-23,25-26,34,36,42,44,48-50,52-55,57-58,60-62H,3-4,6,8-10,12,14-16,18,20-21,24,27-33,35,37-41,43,45-47H2,1-2H3,(H,56,59)/b7-5-,13-11-,19-17-,23-22-,26-25-,36-34+,44-42+. The summed E-state index contributed by atoms with van der Waals surface area (Å²) in [5.74, 6) is -0.197. The number of allylic oxidation sites excluding steroid dienone is 13. The van der Waals surface area contributed by atoms with E-state index in [0.717, 1.165) is 83.5 Å². The van der Waals surface area contributed by atoms with Crippen molar-refractivity contribution in [3.05, 3.63) is 85.1 Å². The van der Waals surface area contributed by atoms with Crippen molar-refractivity contribution in [1.82, 2.24) is 5.32 Å². The summed E-state index contributed by atoms with van der Waals surface area (Å²) in [5, 5.41) is 54.3. The van der Waals surface area contributed by atoms with Crippen LogP contribution >= 0.6 is 0 Å². The molecule has 0 bridgehead atoms. The molecule has 6 N–H and O–H groups in total. The van der Waals surface area contributed by atoms with E-state index >= 15 is 0 Å². The topological polar surface area (TPSA) is 149 Å². The van der Waals surface area contributed by atoms with Gasteiger partial charge < -0.3 is 40.3 Å². The summed E-state index contributed by atoms with van der Waals surface area (Å²) in [5.41, 5.74) is 0. The van der Waals surface area contributed by atoms with Crippen molar-refractivity contribution in [2.24, 2.45) is 0 Å². The molecule has 1 aliphatic heterocycles. The van der Waals surface area contributed by atoms with E-state index in [1.807, 2.05) is 6.08 Å². The summed E-state index contributed by atoms with van der Waals surface area (Å²) in [6.07, 6.45) is 54.8. The molecule has 0 aromatic carbocycles. The molecule has 0 saturated carbocycles. The summed E-state index contributed by atoms with van der Waals surface area (Å²) in [6, 6.07) is -0.830. The molecule has 64 heavy (non-hydrogen) atoms. The van der Waals surface area contributed by atoms with Gasteiger partial charge in [-0.25, -0.2) is 0 Å². The van der Waals surface area contributed by atoms with Gasteiger partial charge in [-0.3, -0.25) is 4.79 Å². The second kappa shape index (κ2) is 44.2. The minimum atomic E-state index is -1.58. The first-order valence-electron chi connectivity index (χ1n) is 25.8. The molecule has 7 atom stereocenters. The predicted molar refractivity (Wildman–Crippen MR) is 267 cm³/mol. The Morgan fingerprint density at radius 1 is 0.547 bits per heavy atom. The van der Waals surface area contributed by atoms with Gasteiger partial charge in [0.05, 0.1) is 25.4 Å². The lowest BCUT2D eigenvalue weighted by atomic mass is 9.99. The Bertz CT molecular complexity index is 1270. The number of hydrogen-bond donors (Lipinski definition) is 6. The Kier molecular flexibility index (Phi) is 41.0. The minimum absolute atomic E-state index is 0.197. The number of ether oxygens (including phenoxy) is 2. The number of hydrogen-bond acceptors (Lipinski definition) is 8. The van der Waals surface area contributed by atoms with Crippen LogP contribution in [0.3, 0.4) is 0 Å². The van der Waals surface area contributed by atoms with Crippen LogP contribution in [0, 0.1) is 0 Å². The smallest absolute Gasteiger partial charge is 0.220 e. The van der Waals surface area contributed by atoms with Crippen LogP contribution in [0.5, 0.6) is 0 Å².